The van der Waals surface area contributed by atoms with Crippen molar-refractivity contribution >= 4 is 53.5 Å². The number of phenolic OH excluding ortho intramolecular Hbond substituents is 2. The number of benzene rings is 4. The predicted octanol–water partition coefficient (Wildman–Crippen LogP) is 5.32. The molecule has 2 aliphatic heterocycles. The number of aryl methyl sites for hydroxylation is 1. The highest BCUT2D eigenvalue weighted by molar-refractivity contribution is 6.43. The highest BCUT2D eigenvalue weighted by Crippen LogP contribution is 2.40. The third-order valence-corrected chi connectivity index (χ3v) is 10.5. The quantitative estimate of drug-likeness (QED) is 0.0618. The predicted molar refractivity (Wildman–Crippen MR) is 234 cm³/mol. The van der Waals surface area contributed by atoms with Crippen molar-refractivity contribution in [1.29, 1.82) is 0 Å². The fraction of sp³-hybridized carbons (Fsp3) is 0.311. The Morgan fingerprint density at radius 1 is 0.984 bits per heavy atom. The van der Waals surface area contributed by atoms with Gasteiger partial charge in [-0.25, -0.2) is 9.59 Å². The van der Waals surface area contributed by atoms with Crippen LogP contribution >= 0.6 is 0 Å². The average molecular weight is 879 g/mol. The molecule has 19 heteroatoms. The summed E-state index contributed by atoms with van der Waals surface area (Å²) in [5, 5.41) is 33.3. The van der Waals surface area contributed by atoms with Gasteiger partial charge in [0.25, 0.3) is 5.91 Å². The zero-order valence-corrected chi connectivity index (χ0v) is 35.9. The Morgan fingerprint density at radius 3 is 2.33 bits per heavy atom. The summed E-state index contributed by atoms with van der Waals surface area (Å²) in [6.07, 6.45) is -1.46. The number of hydrogen-bond donors (Lipinski definition) is 6. The molecule has 0 radical (unpaired) electrons. The summed E-state index contributed by atoms with van der Waals surface area (Å²) >= 11 is 0. The number of anilines is 2. The number of ether oxygens (including phenoxy) is 3. The summed E-state index contributed by atoms with van der Waals surface area (Å²) in [6, 6.07) is 20.5. The van der Waals surface area contributed by atoms with Crippen molar-refractivity contribution in [2.45, 2.75) is 65.2 Å². The Hall–Kier alpha value is -7.83. The van der Waals surface area contributed by atoms with Crippen molar-refractivity contribution in [1.82, 2.24) is 25.9 Å². The van der Waals surface area contributed by atoms with Gasteiger partial charge in [-0.2, -0.15) is 5.10 Å². The van der Waals surface area contributed by atoms with Gasteiger partial charge in [0.15, 0.2) is 6.17 Å². The highest BCUT2D eigenvalue weighted by Gasteiger charge is 2.37. The number of carbonyl (C=O) groups excluding carboxylic acids is 6. The van der Waals surface area contributed by atoms with Crippen molar-refractivity contribution < 1.29 is 53.2 Å². The number of amides is 6. The number of hydrogen-bond acceptors (Lipinski definition) is 14. The van der Waals surface area contributed by atoms with Gasteiger partial charge in [-0.15, -0.1) is 0 Å². The molecule has 0 aromatic heterocycles. The third kappa shape index (κ3) is 10.8. The van der Waals surface area contributed by atoms with Crippen LogP contribution in [-0.4, -0.2) is 95.0 Å². The van der Waals surface area contributed by atoms with Gasteiger partial charge in [-0.1, -0.05) is 26.0 Å². The molecule has 0 saturated carbocycles. The summed E-state index contributed by atoms with van der Waals surface area (Å²) in [6.45, 7) is 7.62. The minimum atomic E-state index is -0.835. The number of likely N-dealkylation sites (N-methyl/N-ethyl adjacent to an activating group) is 2. The first-order chi connectivity index (χ1) is 30.7. The van der Waals surface area contributed by atoms with Crippen LogP contribution in [0.3, 0.4) is 0 Å². The van der Waals surface area contributed by atoms with E-state index < -0.39 is 42.1 Å². The molecule has 2 aliphatic rings. The van der Waals surface area contributed by atoms with Crippen molar-refractivity contribution in [3.8, 4) is 28.7 Å². The lowest BCUT2D eigenvalue weighted by atomic mass is 9.97. The van der Waals surface area contributed by atoms with Crippen LogP contribution in [0.5, 0.6) is 28.7 Å². The van der Waals surface area contributed by atoms with E-state index in [2.05, 4.69) is 26.5 Å². The van der Waals surface area contributed by atoms with Gasteiger partial charge in [0.2, 0.25) is 24.1 Å². The Balaban J connectivity index is 1.01. The van der Waals surface area contributed by atoms with Crippen LogP contribution in [0, 0.1) is 6.92 Å². The number of nitrogens with one attached hydrogen (secondary N) is 4. The Bertz CT molecular complexity index is 2420. The molecule has 2 unspecified atom stereocenters. The van der Waals surface area contributed by atoms with E-state index in [1.54, 1.807) is 91.5 Å². The van der Waals surface area contributed by atoms with E-state index in [0.29, 0.717) is 52.5 Å². The molecule has 64 heavy (non-hydrogen) atoms. The Morgan fingerprint density at radius 2 is 1.67 bits per heavy atom. The molecule has 6 rings (SSSR count). The van der Waals surface area contributed by atoms with Crippen LogP contribution in [-0.2, 0) is 30.5 Å². The van der Waals surface area contributed by atoms with Gasteiger partial charge in [0.05, 0.1) is 6.54 Å². The topological polar surface area (TPSA) is 241 Å². The summed E-state index contributed by atoms with van der Waals surface area (Å²) in [7, 11) is 1.48. The molecule has 2 heterocycles. The normalized spacial score (nSPS) is 15.7. The third-order valence-electron chi connectivity index (χ3n) is 10.5. The van der Waals surface area contributed by atoms with Crippen LogP contribution < -0.4 is 35.7 Å². The summed E-state index contributed by atoms with van der Waals surface area (Å²) < 4.78 is 16.8. The number of imide groups is 1. The molecule has 0 aliphatic carbocycles. The van der Waals surface area contributed by atoms with E-state index in [1.165, 1.54) is 22.9 Å². The van der Waals surface area contributed by atoms with Crippen molar-refractivity contribution in [3.05, 3.63) is 101 Å². The van der Waals surface area contributed by atoms with E-state index in [1.807, 2.05) is 13.8 Å². The number of amidine groups is 1. The fourth-order valence-electron chi connectivity index (χ4n) is 7.04. The van der Waals surface area contributed by atoms with E-state index in [9.17, 15) is 39.0 Å². The van der Waals surface area contributed by atoms with Crippen LogP contribution in [0.1, 0.15) is 68.0 Å². The van der Waals surface area contributed by atoms with Gasteiger partial charge >= 0.3 is 12.2 Å². The Kier molecular flexibility index (Phi) is 14.5. The molecule has 336 valence electrons. The maximum atomic E-state index is 13.1. The van der Waals surface area contributed by atoms with Crippen molar-refractivity contribution in [2.24, 2.45) is 5.10 Å². The van der Waals surface area contributed by atoms with Gasteiger partial charge in [-0.05, 0) is 104 Å². The molecular formula is C45H50N8O11. The van der Waals surface area contributed by atoms with E-state index >= 15 is 0 Å². The molecule has 2 atom stereocenters. The van der Waals surface area contributed by atoms with Gasteiger partial charge < -0.3 is 39.5 Å². The lowest BCUT2D eigenvalue weighted by molar-refractivity contribution is -0.141. The molecule has 0 bridgehead atoms. The monoisotopic (exact) mass is 878 g/mol. The first kappa shape index (κ1) is 45.7. The number of rotatable bonds is 16. The Labute approximate surface area is 368 Å². The van der Waals surface area contributed by atoms with E-state index in [4.69, 9.17) is 14.2 Å². The molecule has 4 aromatic rings. The van der Waals surface area contributed by atoms with Crippen molar-refractivity contribution in [3.63, 3.8) is 0 Å². The summed E-state index contributed by atoms with van der Waals surface area (Å²) in [4.78, 5) is 78.8. The maximum Gasteiger partial charge on any atom is 0.415 e. The maximum absolute atomic E-state index is 13.1. The zero-order chi connectivity index (χ0) is 46.1. The number of nitrogens with zero attached hydrogens (tertiary/aromatic N) is 4. The zero-order valence-electron chi connectivity index (χ0n) is 35.9. The molecular weight excluding hydrogens is 829 g/mol. The number of carbonyl (C=O) groups is 6. The lowest BCUT2D eigenvalue weighted by Crippen LogP contribution is -2.51. The summed E-state index contributed by atoms with van der Waals surface area (Å²) in [5.74, 6) is -0.426. The van der Waals surface area contributed by atoms with Gasteiger partial charge in [0, 0.05) is 49.6 Å². The van der Waals surface area contributed by atoms with E-state index in [0.717, 1.165) is 5.56 Å². The van der Waals surface area contributed by atoms with E-state index in [-0.39, 0.29) is 61.5 Å². The first-order valence-corrected chi connectivity index (χ1v) is 20.5. The minimum absolute atomic E-state index is 0.000917. The standard InChI is InChI=1S/C45H50N8O11/c1-6-46-43(59)41-50-49-40(33-22-32(26(2)3)37(55)23-38(33)56)53(41)28-10-12-29(13-11-28)63-30-14-16-31(17-15-30)64-45(61)51(5)20-21-62-44(60)47-35-9-7-8-27(4)34(35)24-52(25-54)36-18-19-39(57)48-42(36)58/h7-17,22-23,25-26,36,40,49,55-56H,6,18-21,24H2,1-5H3,(H,46,59)(H,47,60)(H,48,57,58). The number of aromatic hydroxyl groups is 2. The largest absolute Gasteiger partial charge is 0.508 e. The molecule has 6 N–H and O–H groups in total. The molecule has 19 nitrogen and oxygen atoms in total. The molecule has 0 spiro atoms. The van der Waals surface area contributed by atoms with Crippen LogP contribution in [0.25, 0.3) is 0 Å². The molecule has 1 saturated heterocycles. The number of piperidine rings is 1. The van der Waals surface area contributed by atoms with Crippen LogP contribution in [0.4, 0.5) is 21.0 Å². The van der Waals surface area contributed by atoms with Gasteiger partial charge in [-0.3, -0.25) is 40.1 Å². The lowest BCUT2D eigenvalue weighted by Gasteiger charge is -2.30. The SMILES string of the molecule is CCNC(=O)C1=NNC(c2cc(C(C)C)c(O)cc2O)N1c1ccc(Oc2ccc(OC(=O)N(C)CCOC(=O)Nc3cccc(C)c3CN(C=O)C3CCC(=O)NC3=O)cc2)cc1. The second-order valence-electron chi connectivity index (χ2n) is 15.3. The smallest absolute Gasteiger partial charge is 0.415 e. The van der Waals surface area contributed by atoms with Crippen LogP contribution in [0.2, 0.25) is 0 Å². The first-order valence-electron chi connectivity index (χ1n) is 20.5. The van der Waals surface area contributed by atoms with Crippen molar-refractivity contribution in [2.75, 3.05) is 37.0 Å². The second kappa shape index (κ2) is 20.4. The van der Waals surface area contributed by atoms with Crippen LogP contribution in [0.15, 0.2) is 84.0 Å². The minimum Gasteiger partial charge on any atom is -0.508 e. The molecule has 6 amide bonds. The number of hydrazone groups is 1. The molecule has 4 aromatic carbocycles. The average Bonchev–Trinajstić information content (AvgIpc) is 3.70. The number of phenols is 2. The fourth-order valence-corrected chi connectivity index (χ4v) is 7.04. The summed E-state index contributed by atoms with van der Waals surface area (Å²) in [5.41, 5.74) is 6.25. The highest BCUT2D eigenvalue weighted by atomic mass is 16.6. The van der Waals surface area contributed by atoms with Gasteiger partial charge in [0.1, 0.15) is 41.4 Å². The molecule has 1 fully saturated rings. The second-order valence-corrected chi connectivity index (χ2v) is 15.3.